The van der Waals surface area contributed by atoms with Gasteiger partial charge >= 0.3 is 0 Å². The molecule has 1 N–H and O–H groups in total. The molecule has 1 saturated heterocycles. The highest BCUT2D eigenvalue weighted by atomic mass is 32.2. The molecule has 1 heterocycles. The first kappa shape index (κ1) is 20.4. The summed E-state index contributed by atoms with van der Waals surface area (Å²) in [5, 5.41) is 2.78. The zero-order chi connectivity index (χ0) is 20.1. The maximum atomic E-state index is 12.9. The molecule has 0 bridgehead atoms. The minimum Gasteiger partial charge on any atom is -0.352 e. The smallest absolute Gasteiger partial charge is 0.251 e. The SMILES string of the molecule is CN1CCN(S(=O)(=O)c2cccc(C(=O)NCCc3ccc(F)cc3)c2)CC1. The highest BCUT2D eigenvalue weighted by Gasteiger charge is 2.27. The van der Waals surface area contributed by atoms with Gasteiger partial charge in [0.25, 0.3) is 5.91 Å². The maximum absolute atomic E-state index is 12.9. The summed E-state index contributed by atoms with van der Waals surface area (Å²) >= 11 is 0. The summed E-state index contributed by atoms with van der Waals surface area (Å²) in [6.07, 6.45) is 0.561. The summed E-state index contributed by atoms with van der Waals surface area (Å²) in [6.45, 7) is 2.62. The zero-order valence-electron chi connectivity index (χ0n) is 15.8. The average molecular weight is 405 g/mol. The molecule has 0 aromatic heterocycles. The Bertz CT molecular complexity index is 924. The number of sulfonamides is 1. The number of nitrogens with zero attached hydrogens (tertiary/aromatic N) is 2. The van der Waals surface area contributed by atoms with E-state index in [1.54, 1.807) is 24.3 Å². The Morgan fingerprint density at radius 2 is 1.75 bits per heavy atom. The first-order chi connectivity index (χ1) is 13.4. The van der Waals surface area contributed by atoms with Crippen LogP contribution < -0.4 is 5.32 Å². The minimum absolute atomic E-state index is 0.128. The topological polar surface area (TPSA) is 69.7 Å². The molecule has 1 aliphatic rings. The van der Waals surface area contributed by atoms with Crippen molar-refractivity contribution in [2.45, 2.75) is 11.3 Å². The van der Waals surface area contributed by atoms with Crippen LogP contribution >= 0.6 is 0 Å². The lowest BCUT2D eigenvalue weighted by Gasteiger charge is -2.31. The third kappa shape index (κ3) is 4.95. The van der Waals surface area contributed by atoms with Crippen LogP contribution in [0.3, 0.4) is 0 Å². The summed E-state index contributed by atoms with van der Waals surface area (Å²) in [4.78, 5) is 14.6. The molecule has 0 unspecified atom stereocenters. The fourth-order valence-electron chi connectivity index (χ4n) is 3.05. The first-order valence-corrected chi connectivity index (χ1v) is 10.6. The van der Waals surface area contributed by atoms with Gasteiger partial charge in [0.2, 0.25) is 10.0 Å². The van der Waals surface area contributed by atoms with Gasteiger partial charge in [-0.3, -0.25) is 4.79 Å². The van der Waals surface area contributed by atoms with Crippen LogP contribution in [0.1, 0.15) is 15.9 Å². The van der Waals surface area contributed by atoms with Crippen molar-refractivity contribution in [2.75, 3.05) is 39.8 Å². The van der Waals surface area contributed by atoms with Crippen LogP contribution in [0, 0.1) is 5.82 Å². The summed E-state index contributed by atoms with van der Waals surface area (Å²) in [6, 6.07) is 12.2. The van der Waals surface area contributed by atoms with Crippen LogP contribution in [0.5, 0.6) is 0 Å². The Labute approximate surface area is 165 Å². The third-order valence-electron chi connectivity index (χ3n) is 4.81. The van der Waals surface area contributed by atoms with Crippen molar-refractivity contribution in [1.82, 2.24) is 14.5 Å². The summed E-state index contributed by atoms with van der Waals surface area (Å²) in [5.41, 5.74) is 1.21. The number of rotatable bonds is 6. The number of amides is 1. The van der Waals surface area contributed by atoms with E-state index in [2.05, 4.69) is 10.2 Å². The molecule has 3 rings (SSSR count). The number of carbonyl (C=O) groups is 1. The van der Waals surface area contributed by atoms with Crippen molar-refractivity contribution in [2.24, 2.45) is 0 Å². The van der Waals surface area contributed by atoms with Crippen molar-refractivity contribution >= 4 is 15.9 Å². The van der Waals surface area contributed by atoms with Gasteiger partial charge in [-0.2, -0.15) is 4.31 Å². The number of carbonyl (C=O) groups excluding carboxylic acids is 1. The van der Waals surface area contributed by atoms with Crippen LogP contribution in [-0.2, 0) is 16.4 Å². The second kappa shape index (κ2) is 8.81. The van der Waals surface area contributed by atoms with Gasteiger partial charge in [0.05, 0.1) is 4.90 Å². The normalized spacial score (nSPS) is 16.1. The molecular weight excluding hydrogens is 381 g/mol. The summed E-state index contributed by atoms with van der Waals surface area (Å²) in [7, 11) is -1.66. The first-order valence-electron chi connectivity index (χ1n) is 9.18. The molecule has 2 aromatic rings. The molecular formula is C20H24FN3O3S. The average Bonchev–Trinajstić information content (AvgIpc) is 2.70. The monoisotopic (exact) mass is 405 g/mol. The molecule has 28 heavy (non-hydrogen) atoms. The number of hydrogen-bond acceptors (Lipinski definition) is 4. The van der Waals surface area contributed by atoms with Gasteiger partial charge in [-0.1, -0.05) is 18.2 Å². The predicted molar refractivity (Wildman–Crippen MR) is 105 cm³/mol. The molecule has 0 saturated carbocycles. The van der Waals surface area contributed by atoms with E-state index in [4.69, 9.17) is 0 Å². The van der Waals surface area contributed by atoms with E-state index < -0.39 is 10.0 Å². The fourth-order valence-corrected chi connectivity index (χ4v) is 4.52. The van der Waals surface area contributed by atoms with Crippen molar-refractivity contribution in [3.63, 3.8) is 0 Å². The lowest BCUT2D eigenvalue weighted by atomic mass is 10.1. The van der Waals surface area contributed by atoms with Gasteiger partial charge in [-0.05, 0) is 49.4 Å². The number of piperazine rings is 1. The molecule has 2 aromatic carbocycles. The van der Waals surface area contributed by atoms with E-state index >= 15 is 0 Å². The summed E-state index contributed by atoms with van der Waals surface area (Å²) in [5.74, 6) is -0.635. The number of likely N-dealkylation sites (N-methyl/N-ethyl adjacent to an activating group) is 1. The van der Waals surface area contributed by atoms with Crippen LogP contribution in [-0.4, -0.2) is 63.3 Å². The third-order valence-corrected chi connectivity index (χ3v) is 6.70. The fraction of sp³-hybridized carbons (Fsp3) is 0.350. The van der Waals surface area contributed by atoms with E-state index in [1.807, 2.05) is 7.05 Å². The van der Waals surface area contributed by atoms with Crippen LogP contribution in [0.25, 0.3) is 0 Å². The van der Waals surface area contributed by atoms with E-state index in [9.17, 15) is 17.6 Å². The van der Waals surface area contributed by atoms with Gasteiger partial charge in [-0.25, -0.2) is 12.8 Å². The van der Waals surface area contributed by atoms with Gasteiger partial charge in [0.1, 0.15) is 5.82 Å². The second-order valence-corrected chi connectivity index (χ2v) is 8.81. The Morgan fingerprint density at radius 3 is 2.43 bits per heavy atom. The highest BCUT2D eigenvalue weighted by molar-refractivity contribution is 7.89. The quantitative estimate of drug-likeness (QED) is 0.795. The van der Waals surface area contributed by atoms with Gasteiger partial charge in [0.15, 0.2) is 0 Å². The van der Waals surface area contributed by atoms with Crippen molar-refractivity contribution in [3.05, 3.63) is 65.5 Å². The molecule has 6 nitrogen and oxygen atoms in total. The lowest BCUT2D eigenvalue weighted by Crippen LogP contribution is -2.47. The van der Waals surface area contributed by atoms with E-state index in [-0.39, 0.29) is 16.6 Å². The molecule has 1 amide bonds. The van der Waals surface area contributed by atoms with Crippen molar-refractivity contribution in [3.8, 4) is 0 Å². The van der Waals surface area contributed by atoms with Gasteiger partial charge in [-0.15, -0.1) is 0 Å². The lowest BCUT2D eigenvalue weighted by molar-refractivity contribution is 0.0954. The summed E-state index contributed by atoms with van der Waals surface area (Å²) < 4.78 is 40.1. The Kier molecular flexibility index (Phi) is 6.43. The standard InChI is InChI=1S/C20H24FN3O3S/c1-23-11-13-24(14-12-23)28(26,27)19-4-2-3-17(15-19)20(25)22-10-9-16-5-7-18(21)8-6-16/h2-8,15H,9-14H2,1H3,(H,22,25). The van der Waals surface area contributed by atoms with E-state index in [0.29, 0.717) is 44.7 Å². The minimum atomic E-state index is -3.62. The number of hydrogen-bond donors (Lipinski definition) is 1. The van der Waals surface area contributed by atoms with Crippen LogP contribution in [0.2, 0.25) is 0 Å². The van der Waals surface area contributed by atoms with E-state index in [1.165, 1.54) is 28.6 Å². The Hall–Kier alpha value is -2.29. The second-order valence-electron chi connectivity index (χ2n) is 6.87. The molecule has 0 atom stereocenters. The highest BCUT2D eigenvalue weighted by Crippen LogP contribution is 2.18. The Morgan fingerprint density at radius 1 is 1.07 bits per heavy atom. The molecule has 150 valence electrons. The van der Waals surface area contributed by atoms with E-state index in [0.717, 1.165) is 5.56 Å². The number of halogens is 1. The molecule has 0 spiro atoms. The molecule has 0 radical (unpaired) electrons. The molecule has 8 heteroatoms. The Balaban J connectivity index is 1.63. The van der Waals surface area contributed by atoms with Crippen molar-refractivity contribution < 1.29 is 17.6 Å². The largest absolute Gasteiger partial charge is 0.352 e. The van der Waals surface area contributed by atoms with Crippen LogP contribution in [0.15, 0.2) is 53.4 Å². The molecule has 1 aliphatic heterocycles. The number of nitrogens with one attached hydrogen (secondary N) is 1. The van der Waals surface area contributed by atoms with Gasteiger partial charge in [0, 0.05) is 38.3 Å². The van der Waals surface area contributed by atoms with Crippen molar-refractivity contribution in [1.29, 1.82) is 0 Å². The van der Waals surface area contributed by atoms with Crippen LogP contribution in [0.4, 0.5) is 4.39 Å². The molecule has 0 aliphatic carbocycles. The predicted octanol–water partition coefficient (Wildman–Crippen LogP) is 1.73. The van der Waals surface area contributed by atoms with Gasteiger partial charge < -0.3 is 10.2 Å². The maximum Gasteiger partial charge on any atom is 0.251 e. The zero-order valence-corrected chi connectivity index (χ0v) is 16.6. The number of benzene rings is 2. The molecule has 1 fully saturated rings.